The molecular weight excluding hydrogens is 388 g/mol. The van der Waals surface area contributed by atoms with Crippen molar-refractivity contribution < 1.29 is 4.74 Å². The highest BCUT2D eigenvalue weighted by molar-refractivity contribution is 5.99. The van der Waals surface area contributed by atoms with Crippen LogP contribution in [0.15, 0.2) is 55.0 Å². The average molecular weight is 415 g/mol. The maximum Gasteiger partial charge on any atom is 0.213 e. The first-order valence-corrected chi connectivity index (χ1v) is 10.6. The van der Waals surface area contributed by atoms with Gasteiger partial charge in [0.1, 0.15) is 11.6 Å². The SMILES string of the molecule is Cc1cnc2n1CC[C@H](COc1cc(CNc3cccc4c(N)nccc34)ccn1)C2. The number of nitrogens with one attached hydrogen (secondary N) is 1. The zero-order valence-corrected chi connectivity index (χ0v) is 17.6. The number of nitrogen functional groups attached to an aromatic ring is 1. The summed E-state index contributed by atoms with van der Waals surface area (Å²) in [7, 11) is 0. The van der Waals surface area contributed by atoms with Gasteiger partial charge < -0.3 is 20.4 Å². The van der Waals surface area contributed by atoms with Crippen LogP contribution < -0.4 is 15.8 Å². The number of anilines is 2. The predicted octanol–water partition coefficient (Wildman–Crippen LogP) is 3.97. The van der Waals surface area contributed by atoms with Crippen molar-refractivity contribution in [2.24, 2.45) is 5.92 Å². The van der Waals surface area contributed by atoms with Crippen molar-refractivity contribution in [1.29, 1.82) is 0 Å². The van der Waals surface area contributed by atoms with Crippen LogP contribution in [-0.4, -0.2) is 26.1 Å². The number of rotatable bonds is 6. The second-order valence-corrected chi connectivity index (χ2v) is 8.09. The summed E-state index contributed by atoms with van der Waals surface area (Å²) in [6, 6.07) is 12.0. The third kappa shape index (κ3) is 4.03. The van der Waals surface area contributed by atoms with Gasteiger partial charge in [0, 0.05) is 72.2 Å². The number of fused-ring (bicyclic) bond motifs is 2. The summed E-state index contributed by atoms with van der Waals surface area (Å²) < 4.78 is 8.35. The van der Waals surface area contributed by atoms with Crippen LogP contribution in [0.2, 0.25) is 0 Å². The second kappa shape index (κ2) is 8.26. The predicted molar refractivity (Wildman–Crippen MR) is 122 cm³/mol. The fraction of sp³-hybridized carbons (Fsp3) is 0.292. The quantitative estimate of drug-likeness (QED) is 0.496. The van der Waals surface area contributed by atoms with E-state index in [1.807, 2.05) is 36.5 Å². The van der Waals surface area contributed by atoms with Crippen LogP contribution in [0.1, 0.15) is 23.5 Å². The minimum atomic E-state index is 0.465. The van der Waals surface area contributed by atoms with Gasteiger partial charge in [-0.2, -0.15) is 0 Å². The molecule has 158 valence electrons. The van der Waals surface area contributed by atoms with Crippen molar-refractivity contribution in [3.8, 4) is 5.88 Å². The minimum absolute atomic E-state index is 0.465. The first-order valence-electron chi connectivity index (χ1n) is 10.6. The van der Waals surface area contributed by atoms with Gasteiger partial charge in [0.05, 0.1) is 6.61 Å². The highest BCUT2D eigenvalue weighted by atomic mass is 16.5. The number of aromatic nitrogens is 4. The molecule has 4 aromatic rings. The number of imidazole rings is 1. The Morgan fingerprint density at radius 3 is 2.97 bits per heavy atom. The highest BCUT2D eigenvalue weighted by Crippen LogP contribution is 2.27. The van der Waals surface area contributed by atoms with Gasteiger partial charge >= 0.3 is 0 Å². The van der Waals surface area contributed by atoms with Gasteiger partial charge in [0.25, 0.3) is 0 Å². The molecule has 0 spiro atoms. The van der Waals surface area contributed by atoms with Crippen molar-refractivity contribution in [2.45, 2.75) is 32.9 Å². The third-order valence-corrected chi connectivity index (χ3v) is 5.96. The number of aryl methyl sites for hydroxylation is 1. The molecule has 0 bridgehead atoms. The molecule has 4 heterocycles. The Morgan fingerprint density at radius 2 is 2.03 bits per heavy atom. The van der Waals surface area contributed by atoms with Gasteiger partial charge in [-0.05, 0) is 37.1 Å². The molecule has 0 saturated carbocycles. The van der Waals surface area contributed by atoms with Crippen LogP contribution in [0, 0.1) is 12.8 Å². The summed E-state index contributed by atoms with van der Waals surface area (Å²) in [4.78, 5) is 13.1. The summed E-state index contributed by atoms with van der Waals surface area (Å²) in [5.74, 6) is 2.83. The van der Waals surface area contributed by atoms with Crippen LogP contribution in [0.4, 0.5) is 11.5 Å². The Kier molecular flexibility index (Phi) is 5.16. The normalized spacial score (nSPS) is 15.6. The second-order valence-electron chi connectivity index (χ2n) is 8.09. The van der Waals surface area contributed by atoms with Crippen molar-refractivity contribution in [2.75, 3.05) is 17.7 Å². The summed E-state index contributed by atoms with van der Waals surface area (Å²) in [5, 5.41) is 5.51. The average Bonchev–Trinajstić information content (AvgIpc) is 3.17. The number of benzene rings is 1. The van der Waals surface area contributed by atoms with Gasteiger partial charge in [-0.25, -0.2) is 15.0 Å². The molecule has 3 aromatic heterocycles. The largest absolute Gasteiger partial charge is 0.477 e. The summed E-state index contributed by atoms with van der Waals surface area (Å²) >= 11 is 0. The Balaban J connectivity index is 1.22. The molecule has 3 N–H and O–H groups in total. The van der Waals surface area contributed by atoms with E-state index in [4.69, 9.17) is 10.5 Å². The Labute approximate surface area is 181 Å². The molecule has 1 aliphatic heterocycles. The fourth-order valence-corrected chi connectivity index (χ4v) is 4.22. The van der Waals surface area contributed by atoms with Gasteiger partial charge in [-0.15, -0.1) is 0 Å². The fourth-order valence-electron chi connectivity index (χ4n) is 4.22. The van der Waals surface area contributed by atoms with Crippen molar-refractivity contribution >= 4 is 22.3 Å². The van der Waals surface area contributed by atoms with E-state index >= 15 is 0 Å². The lowest BCUT2D eigenvalue weighted by Gasteiger charge is -2.24. The van der Waals surface area contributed by atoms with E-state index in [-0.39, 0.29) is 0 Å². The lowest BCUT2D eigenvalue weighted by Crippen LogP contribution is -2.25. The standard InChI is InChI=1S/C24H26N6O/c1-16-13-29-22-11-18(7-10-30(16)22)15-31-23-12-17(5-8-26-23)14-28-21-4-2-3-20-19(21)6-9-27-24(20)25/h2-6,8-9,12-13,18,28H,7,10-11,14-15H2,1H3,(H2,25,27)/t18-/m0/s1. The number of pyridine rings is 2. The topological polar surface area (TPSA) is 90.9 Å². The Hall–Kier alpha value is -3.61. The van der Waals surface area contributed by atoms with E-state index in [9.17, 15) is 0 Å². The van der Waals surface area contributed by atoms with Gasteiger partial charge in [-0.1, -0.05) is 12.1 Å². The molecule has 0 amide bonds. The van der Waals surface area contributed by atoms with Crippen LogP contribution in [0.5, 0.6) is 5.88 Å². The van der Waals surface area contributed by atoms with E-state index < -0.39 is 0 Å². The van der Waals surface area contributed by atoms with E-state index in [1.165, 1.54) is 5.69 Å². The molecule has 1 aromatic carbocycles. The van der Waals surface area contributed by atoms with E-state index in [2.05, 4.69) is 37.8 Å². The molecular formula is C24H26N6O. The summed E-state index contributed by atoms with van der Waals surface area (Å²) in [6.07, 6.45) is 7.55. The zero-order valence-electron chi connectivity index (χ0n) is 17.6. The molecule has 0 radical (unpaired) electrons. The Bertz CT molecular complexity index is 1220. The summed E-state index contributed by atoms with van der Waals surface area (Å²) in [6.45, 7) is 4.45. The lowest BCUT2D eigenvalue weighted by molar-refractivity contribution is 0.211. The maximum absolute atomic E-state index is 6.05. The molecule has 0 fully saturated rings. The van der Waals surface area contributed by atoms with E-state index in [0.717, 1.165) is 47.2 Å². The first kappa shape index (κ1) is 19.4. The van der Waals surface area contributed by atoms with Crippen LogP contribution in [-0.2, 0) is 19.5 Å². The number of nitrogens with two attached hydrogens (primary N) is 1. The van der Waals surface area contributed by atoms with Crippen molar-refractivity contribution in [3.63, 3.8) is 0 Å². The lowest BCUT2D eigenvalue weighted by atomic mass is 9.99. The molecule has 31 heavy (non-hydrogen) atoms. The van der Waals surface area contributed by atoms with Gasteiger partial charge in [0.2, 0.25) is 5.88 Å². The molecule has 0 aliphatic carbocycles. The minimum Gasteiger partial charge on any atom is -0.477 e. The number of nitrogens with zero attached hydrogens (tertiary/aromatic N) is 4. The molecule has 1 atom stereocenters. The number of hydrogen-bond donors (Lipinski definition) is 2. The van der Waals surface area contributed by atoms with Gasteiger partial charge in [0.15, 0.2) is 0 Å². The first-order chi connectivity index (χ1) is 15.2. The number of ether oxygens (including phenoxy) is 1. The third-order valence-electron chi connectivity index (χ3n) is 5.96. The molecule has 7 nitrogen and oxygen atoms in total. The molecule has 1 aliphatic rings. The van der Waals surface area contributed by atoms with E-state index in [1.54, 1.807) is 12.4 Å². The molecule has 0 unspecified atom stereocenters. The highest BCUT2D eigenvalue weighted by Gasteiger charge is 2.21. The van der Waals surface area contributed by atoms with Gasteiger partial charge in [-0.3, -0.25) is 0 Å². The monoisotopic (exact) mass is 414 g/mol. The van der Waals surface area contributed by atoms with E-state index in [0.29, 0.717) is 30.8 Å². The smallest absolute Gasteiger partial charge is 0.213 e. The number of hydrogen-bond acceptors (Lipinski definition) is 6. The zero-order chi connectivity index (χ0) is 21.2. The van der Waals surface area contributed by atoms with Crippen molar-refractivity contribution in [1.82, 2.24) is 19.5 Å². The van der Waals surface area contributed by atoms with Crippen LogP contribution in [0.3, 0.4) is 0 Å². The molecule has 5 rings (SSSR count). The Morgan fingerprint density at radius 1 is 1.13 bits per heavy atom. The molecule has 0 saturated heterocycles. The van der Waals surface area contributed by atoms with Crippen molar-refractivity contribution in [3.05, 3.63) is 72.1 Å². The summed E-state index contributed by atoms with van der Waals surface area (Å²) in [5.41, 5.74) is 9.38. The molecule has 7 heteroatoms. The van der Waals surface area contributed by atoms with Crippen LogP contribution >= 0.6 is 0 Å². The van der Waals surface area contributed by atoms with Crippen LogP contribution in [0.25, 0.3) is 10.8 Å². The maximum atomic E-state index is 6.05.